The van der Waals surface area contributed by atoms with Crippen molar-refractivity contribution in [1.82, 2.24) is 0 Å². The molecule has 0 fully saturated rings. The van der Waals surface area contributed by atoms with Crippen LogP contribution in [-0.4, -0.2) is 12.1 Å². The number of hydrogen-bond acceptors (Lipinski definition) is 3. The molecule has 1 heterocycles. The summed E-state index contributed by atoms with van der Waals surface area (Å²) < 4.78 is 43.8. The zero-order valence-corrected chi connectivity index (χ0v) is 11.9. The Hall–Kier alpha value is -2.31. The Bertz CT molecular complexity index is 649. The Morgan fingerprint density at radius 2 is 1.95 bits per heavy atom. The highest BCUT2D eigenvalue weighted by atomic mass is 19.4. The lowest BCUT2D eigenvalue weighted by molar-refractivity contribution is -0.688. The summed E-state index contributed by atoms with van der Waals surface area (Å²) >= 11 is 0. The topological polar surface area (TPSA) is 52.4 Å². The van der Waals surface area contributed by atoms with Crippen molar-refractivity contribution in [2.45, 2.75) is 32.5 Å². The van der Waals surface area contributed by atoms with Crippen LogP contribution in [0.15, 0.2) is 45.9 Å². The third-order valence-electron chi connectivity index (χ3n) is 2.96. The number of aliphatic imine (C=N–C) groups is 1. The van der Waals surface area contributed by atoms with Crippen molar-refractivity contribution < 1.29 is 27.3 Å². The minimum atomic E-state index is -5.01. The second-order valence-electron chi connectivity index (χ2n) is 4.70. The molecule has 7 heteroatoms. The molecule has 22 heavy (non-hydrogen) atoms. The normalized spacial score (nSPS) is 12.6. The van der Waals surface area contributed by atoms with Crippen molar-refractivity contribution in [2.75, 3.05) is 0 Å². The lowest BCUT2D eigenvalue weighted by atomic mass is 10.2. The number of benzene rings is 1. The number of oxazole rings is 1. The van der Waals surface area contributed by atoms with Crippen LogP contribution in [0.2, 0.25) is 0 Å². The van der Waals surface area contributed by atoms with Crippen LogP contribution in [0.5, 0.6) is 0 Å². The van der Waals surface area contributed by atoms with Crippen molar-refractivity contribution in [3.63, 3.8) is 0 Å². The largest absolute Gasteiger partial charge is 0.855 e. The van der Waals surface area contributed by atoms with Crippen LogP contribution in [0.4, 0.5) is 19.1 Å². The average molecular weight is 312 g/mol. The van der Waals surface area contributed by atoms with Crippen molar-refractivity contribution in [1.29, 1.82) is 0 Å². The molecule has 0 radical (unpaired) electrons. The molecule has 0 atom stereocenters. The summed E-state index contributed by atoms with van der Waals surface area (Å²) in [5.41, 5.74) is 0.708. The van der Waals surface area contributed by atoms with Gasteiger partial charge in [0.1, 0.15) is 0 Å². The van der Waals surface area contributed by atoms with E-state index in [1.54, 1.807) is 28.8 Å². The van der Waals surface area contributed by atoms with Gasteiger partial charge in [0.2, 0.25) is 6.20 Å². The fourth-order valence-electron chi connectivity index (χ4n) is 1.89. The van der Waals surface area contributed by atoms with E-state index in [0.29, 0.717) is 18.0 Å². The zero-order chi connectivity index (χ0) is 16.2. The van der Waals surface area contributed by atoms with Gasteiger partial charge in [0, 0.05) is 6.42 Å². The van der Waals surface area contributed by atoms with Crippen LogP contribution in [0, 0.1) is 0 Å². The SMILES string of the molecule is CCCC[n+]1cc(/N=C(\[O-])C(F)(F)F)oc1-c1ccccc1. The van der Waals surface area contributed by atoms with Gasteiger partial charge >= 0.3 is 12.1 Å². The standard InChI is InChI=1S/C15H15F3N2O2/c1-2-3-9-20-10-12(19-14(21)15(16,17)18)22-13(20)11-7-5-4-6-8-11/h4-8,10H,2-3,9H2,1H3. The van der Waals surface area contributed by atoms with E-state index in [9.17, 15) is 18.3 Å². The average Bonchev–Trinajstić information content (AvgIpc) is 2.88. The molecule has 0 saturated heterocycles. The molecular weight excluding hydrogens is 297 g/mol. The van der Waals surface area contributed by atoms with E-state index >= 15 is 0 Å². The number of rotatable bonds is 5. The molecule has 0 N–H and O–H groups in total. The summed E-state index contributed by atoms with van der Waals surface area (Å²) in [6.07, 6.45) is -1.94. The van der Waals surface area contributed by atoms with E-state index in [4.69, 9.17) is 4.42 Å². The van der Waals surface area contributed by atoms with Gasteiger partial charge in [-0.2, -0.15) is 17.7 Å². The zero-order valence-electron chi connectivity index (χ0n) is 11.9. The van der Waals surface area contributed by atoms with Crippen LogP contribution in [0.25, 0.3) is 11.5 Å². The first-order valence-electron chi connectivity index (χ1n) is 6.83. The summed E-state index contributed by atoms with van der Waals surface area (Å²) in [5, 5.41) is 10.9. The van der Waals surface area contributed by atoms with E-state index in [0.717, 1.165) is 12.8 Å². The van der Waals surface area contributed by atoms with E-state index in [-0.39, 0.29) is 5.88 Å². The van der Waals surface area contributed by atoms with E-state index in [2.05, 4.69) is 4.99 Å². The lowest BCUT2D eigenvalue weighted by Gasteiger charge is -2.11. The minimum Gasteiger partial charge on any atom is -0.855 e. The Labute approximate surface area is 125 Å². The summed E-state index contributed by atoms with van der Waals surface area (Å²) in [4.78, 5) is 2.99. The van der Waals surface area contributed by atoms with Gasteiger partial charge in [0.15, 0.2) is 6.54 Å². The van der Waals surface area contributed by atoms with Crippen molar-refractivity contribution in [3.8, 4) is 11.5 Å². The van der Waals surface area contributed by atoms with Gasteiger partial charge in [-0.1, -0.05) is 31.5 Å². The number of aryl methyl sites for hydroxylation is 1. The number of alkyl halides is 3. The molecule has 0 aliphatic heterocycles. The molecule has 4 nitrogen and oxygen atoms in total. The first kappa shape index (κ1) is 16.1. The predicted molar refractivity (Wildman–Crippen MR) is 72.4 cm³/mol. The molecule has 1 aromatic carbocycles. The Morgan fingerprint density at radius 3 is 2.55 bits per heavy atom. The summed E-state index contributed by atoms with van der Waals surface area (Å²) in [5.74, 6) is -2.15. The van der Waals surface area contributed by atoms with E-state index in [1.165, 1.54) is 6.20 Å². The fraction of sp³-hybridized carbons (Fsp3) is 0.333. The van der Waals surface area contributed by atoms with Gasteiger partial charge in [-0.3, -0.25) is 0 Å². The number of hydrogen-bond donors (Lipinski definition) is 0. The maximum atomic E-state index is 12.3. The van der Waals surface area contributed by atoms with Gasteiger partial charge in [-0.15, -0.1) is 0 Å². The molecule has 0 unspecified atom stereocenters. The van der Waals surface area contributed by atoms with Crippen molar-refractivity contribution in [3.05, 3.63) is 36.5 Å². The van der Waals surface area contributed by atoms with Crippen LogP contribution in [0.1, 0.15) is 19.8 Å². The summed E-state index contributed by atoms with van der Waals surface area (Å²) in [7, 11) is 0. The first-order valence-corrected chi connectivity index (χ1v) is 6.83. The highest BCUT2D eigenvalue weighted by Crippen LogP contribution is 2.24. The molecule has 2 aromatic rings. The number of unbranched alkanes of at least 4 members (excludes halogenated alkanes) is 1. The molecule has 0 aliphatic rings. The van der Waals surface area contributed by atoms with Crippen LogP contribution in [0.3, 0.4) is 0 Å². The number of nitrogens with zero attached hydrogens (tertiary/aromatic N) is 2. The summed E-state index contributed by atoms with van der Waals surface area (Å²) in [6, 6.07) is 8.95. The van der Waals surface area contributed by atoms with Gasteiger partial charge in [0.05, 0.1) is 11.5 Å². The maximum absolute atomic E-state index is 12.3. The highest BCUT2D eigenvalue weighted by Gasteiger charge is 2.29. The second-order valence-corrected chi connectivity index (χ2v) is 4.70. The maximum Gasteiger partial charge on any atom is 0.419 e. The van der Waals surface area contributed by atoms with Gasteiger partial charge < -0.3 is 9.52 Å². The Morgan fingerprint density at radius 1 is 1.27 bits per heavy atom. The molecule has 2 rings (SSSR count). The minimum absolute atomic E-state index is 0.350. The van der Waals surface area contributed by atoms with E-state index < -0.39 is 12.1 Å². The monoisotopic (exact) mass is 312 g/mol. The first-order chi connectivity index (χ1) is 10.4. The van der Waals surface area contributed by atoms with Gasteiger partial charge in [-0.25, -0.2) is 4.99 Å². The highest BCUT2D eigenvalue weighted by molar-refractivity contribution is 5.79. The predicted octanol–water partition coefficient (Wildman–Crippen LogP) is 2.99. The quantitative estimate of drug-likeness (QED) is 0.484. The van der Waals surface area contributed by atoms with Crippen LogP contribution < -0.4 is 9.67 Å². The number of halogens is 3. The van der Waals surface area contributed by atoms with Gasteiger partial charge in [-0.05, 0) is 12.1 Å². The van der Waals surface area contributed by atoms with Crippen molar-refractivity contribution in [2.24, 2.45) is 4.99 Å². The molecule has 0 amide bonds. The van der Waals surface area contributed by atoms with Crippen LogP contribution >= 0.6 is 0 Å². The van der Waals surface area contributed by atoms with Crippen LogP contribution in [-0.2, 0) is 6.54 Å². The molecule has 1 aromatic heterocycles. The molecular formula is C15H15F3N2O2. The number of aromatic nitrogens is 1. The molecule has 0 aliphatic carbocycles. The molecule has 0 bridgehead atoms. The molecule has 118 valence electrons. The fourth-order valence-corrected chi connectivity index (χ4v) is 1.89. The molecule has 0 spiro atoms. The van der Waals surface area contributed by atoms with E-state index in [1.807, 2.05) is 13.0 Å². The smallest absolute Gasteiger partial charge is 0.419 e. The Kier molecular flexibility index (Phi) is 4.85. The Balaban J connectivity index is 2.40. The summed E-state index contributed by atoms with van der Waals surface area (Å²) in [6.45, 7) is 2.57. The van der Waals surface area contributed by atoms with Crippen molar-refractivity contribution >= 4 is 11.8 Å². The third kappa shape index (κ3) is 3.87. The van der Waals surface area contributed by atoms with Gasteiger partial charge in [0.25, 0.3) is 5.88 Å². The molecule has 0 saturated carbocycles. The second kappa shape index (κ2) is 6.64. The lowest BCUT2D eigenvalue weighted by Crippen LogP contribution is -2.34. The third-order valence-corrected chi connectivity index (χ3v) is 2.96.